The molecule has 0 radical (unpaired) electrons. The molecule has 8 heteroatoms. The number of amides is 1. The average Bonchev–Trinajstić information content (AvgIpc) is 3.25. The summed E-state index contributed by atoms with van der Waals surface area (Å²) in [7, 11) is 3.62. The van der Waals surface area contributed by atoms with Crippen LogP contribution < -0.4 is 0 Å². The third kappa shape index (κ3) is 3.08. The van der Waals surface area contributed by atoms with Crippen molar-refractivity contribution >= 4 is 5.91 Å². The van der Waals surface area contributed by atoms with Crippen LogP contribution >= 0.6 is 0 Å². The van der Waals surface area contributed by atoms with Gasteiger partial charge in [-0.1, -0.05) is 19.0 Å². The molecule has 8 nitrogen and oxygen atoms in total. The quantitative estimate of drug-likeness (QED) is 0.775. The van der Waals surface area contributed by atoms with E-state index in [-0.39, 0.29) is 18.4 Å². The second-order valence-corrected chi connectivity index (χ2v) is 6.04. The lowest BCUT2D eigenvalue weighted by Gasteiger charge is -2.13. The van der Waals surface area contributed by atoms with Gasteiger partial charge in [0, 0.05) is 26.2 Å². The number of nitrogens with one attached hydrogen (secondary N) is 1. The fourth-order valence-corrected chi connectivity index (χ4v) is 2.35. The van der Waals surface area contributed by atoms with Gasteiger partial charge in [-0.2, -0.15) is 10.1 Å². The second kappa shape index (κ2) is 6.31. The highest BCUT2D eigenvalue weighted by molar-refractivity contribution is 5.93. The maximum Gasteiger partial charge on any atom is 0.272 e. The molecule has 3 heterocycles. The number of hydrogen-bond donors (Lipinski definition) is 1. The number of aryl methyl sites for hydroxylation is 1. The van der Waals surface area contributed by atoms with Crippen LogP contribution in [0.15, 0.2) is 28.9 Å². The summed E-state index contributed by atoms with van der Waals surface area (Å²) in [5.74, 6) is 1.03. The van der Waals surface area contributed by atoms with Crippen molar-refractivity contribution in [1.82, 2.24) is 29.8 Å². The summed E-state index contributed by atoms with van der Waals surface area (Å²) in [6, 6.07) is 5.62. The van der Waals surface area contributed by atoms with Crippen molar-refractivity contribution in [3.8, 4) is 11.4 Å². The lowest BCUT2D eigenvalue weighted by molar-refractivity contribution is 0.0774. The average molecular weight is 328 g/mol. The molecule has 0 spiro atoms. The van der Waals surface area contributed by atoms with Crippen LogP contribution in [0.2, 0.25) is 0 Å². The zero-order valence-electron chi connectivity index (χ0n) is 14.1. The number of rotatable bonds is 5. The molecule has 0 bridgehead atoms. The summed E-state index contributed by atoms with van der Waals surface area (Å²) in [5, 5.41) is 10.9. The zero-order valence-corrected chi connectivity index (χ0v) is 14.1. The lowest BCUT2D eigenvalue weighted by atomic mass is 10.2. The number of nitrogens with zero attached hydrogens (tertiary/aromatic N) is 5. The molecule has 126 valence electrons. The molecule has 0 aromatic carbocycles. The number of carbonyl (C=O) groups excluding carboxylic acids is 1. The van der Waals surface area contributed by atoms with Gasteiger partial charge in [-0.3, -0.25) is 9.89 Å². The highest BCUT2D eigenvalue weighted by Crippen LogP contribution is 2.18. The van der Waals surface area contributed by atoms with Gasteiger partial charge in [0.25, 0.3) is 5.91 Å². The van der Waals surface area contributed by atoms with Crippen LogP contribution in [0.1, 0.15) is 42.0 Å². The number of carbonyl (C=O) groups is 1. The molecule has 0 aliphatic heterocycles. The monoisotopic (exact) mass is 328 g/mol. The Hall–Kier alpha value is -2.90. The van der Waals surface area contributed by atoms with Crippen LogP contribution in [0.5, 0.6) is 0 Å². The minimum atomic E-state index is -0.182. The van der Waals surface area contributed by atoms with E-state index in [0.29, 0.717) is 17.4 Å². The van der Waals surface area contributed by atoms with Crippen LogP contribution in [0.3, 0.4) is 0 Å². The van der Waals surface area contributed by atoms with Crippen molar-refractivity contribution in [2.24, 2.45) is 7.05 Å². The van der Waals surface area contributed by atoms with Crippen LogP contribution in [0.4, 0.5) is 0 Å². The molecule has 0 unspecified atom stereocenters. The van der Waals surface area contributed by atoms with Gasteiger partial charge in [0.2, 0.25) is 5.89 Å². The Morgan fingerprint density at radius 1 is 1.46 bits per heavy atom. The van der Waals surface area contributed by atoms with Crippen molar-refractivity contribution in [2.75, 3.05) is 7.05 Å². The van der Waals surface area contributed by atoms with Gasteiger partial charge >= 0.3 is 0 Å². The van der Waals surface area contributed by atoms with E-state index in [1.165, 1.54) is 4.90 Å². The van der Waals surface area contributed by atoms with Crippen molar-refractivity contribution < 1.29 is 9.32 Å². The van der Waals surface area contributed by atoms with Crippen molar-refractivity contribution in [3.05, 3.63) is 41.8 Å². The molecule has 0 aliphatic rings. The van der Waals surface area contributed by atoms with Gasteiger partial charge in [-0.15, -0.1) is 0 Å². The van der Waals surface area contributed by atoms with E-state index < -0.39 is 0 Å². The molecular formula is C16H20N6O2. The van der Waals surface area contributed by atoms with E-state index in [0.717, 1.165) is 11.4 Å². The van der Waals surface area contributed by atoms with Gasteiger partial charge in [0.1, 0.15) is 11.4 Å². The molecule has 0 saturated heterocycles. The number of H-pyrrole nitrogens is 1. The molecule has 0 saturated carbocycles. The number of aromatic nitrogens is 5. The van der Waals surface area contributed by atoms with E-state index in [9.17, 15) is 4.79 Å². The van der Waals surface area contributed by atoms with E-state index in [1.807, 2.05) is 43.8 Å². The molecule has 1 amide bonds. The smallest absolute Gasteiger partial charge is 0.272 e. The van der Waals surface area contributed by atoms with Crippen molar-refractivity contribution in [1.29, 1.82) is 0 Å². The van der Waals surface area contributed by atoms with Gasteiger partial charge < -0.3 is 14.0 Å². The normalized spacial score (nSPS) is 11.2. The minimum absolute atomic E-state index is 0.160. The highest BCUT2D eigenvalue weighted by atomic mass is 16.5. The minimum Gasteiger partial charge on any atom is -0.349 e. The van der Waals surface area contributed by atoms with Crippen LogP contribution in [-0.4, -0.2) is 42.8 Å². The van der Waals surface area contributed by atoms with E-state index in [1.54, 1.807) is 13.1 Å². The summed E-state index contributed by atoms with van der Waals surface area (Å²) in [6.07, 6.45) is 1.93. The Balaban J connectivity index is 1.71. The summed E-state index contributed by atoms with van der Waals surface area (Å²) in [4.78, 5) is 18.3. The largest absolute Gasteiger partial charge is 0.349 e. The molecule has 24 heavy (non-hydrogen) atoms. The van der Waals surface area contributed by atoms with Gasteiger partial charge in [0.15, 0.2) is 5.82 Å². The van der Waals surface area contributed by atoms with Crippen LogP contribution in [-0.2, 0) is 13.6 Å². The Labute approximate surface area is 139 Å². The van der Waals surface area contributed by atoms with E-state index >= 15 is 0 Å². The fraction of sp³-hybridized carbons (Fsp3) is 0.375. The van der Waals surface area contributed by atoms with E-state index in [2.05, 4.69) is 20.3 Å². The standard InChI is InChI=1S/C16H20N6O2/c1-10(2)15-17-14(20-24-15)9-22(4)16(23)12-8-11(18-19-12)13-6-5-7-21(13)3/h5-8,10H,9H2,1-4H3,(H,18,19). The second-order valence-electron chi connectivity index (χ2n) is 6.04. The Kier molecular flexibility index (Phi) is 4.20. The summed E-state index contributed by atoms with van der Waals surface area (Å²) >= 11 is 0. The van der Waals surface area contributed by atoms with Crippen LogP contribution in [0, 0.1) is 0 Å². The van der Waals surface area contributed by atoms with Crippen LogP contribution in [0.25, 0.3) is 11.4 Å². The topological polar surface area (TPSA) is 92.8 Å². The van der Waals surface area contributed by atoms with Crippen molar-refractivity contribution in [2.45, 2.75) is 26.3 Å². The first kappa shape index (κ1) is 16.0. The maximum atomic E-state index is 12.5. The SMILES string of the molecule is CC(C)c1nc(CN(C)C(=O)c2cc(-c3cccn3C)n[nH]2)no1. The zero-order chi connectivity index (χ0) is 17.3. The molecule has 3 rings (SSSR count). The van der Waals surface area contributed by atoms with Gasteiger partial charge in [0.05, 0.1) is 12.2 Å². The molecule has 0 aliphatic carbocycles. The maximum absolute atomic E-state index is 12.5. The molecule has 1 N–H and O–H groups in total. The lowest BCUT2D eigenvalue weighted by Crippen LogP contribution is -2.27. The molecule has 0 fully saturated rings. The van der Waals surface area contributed by atoms with Gasteiger partial charge in [-0.05, 0) is 18.2 Å². The van der Waals surface area contributed by atoms with Gasteiger partial charge in [-0.25, -0.2) is 0 Å². The predicted molar refractivity (Wildman–Crippen MR) is 87.2 cm³/mol. The molecular weight excluding hydrogens is 308 g/mol. The Morgan fingerprint density at radius 2 is 2.25 bits per heavy atom. The molecule has 3 aromatic rings. The molecule has 0 atom stereocenters. The van der Waals surface area contributed by atoms with E-state index in [4.69, 9.17) is 4.52 Å². The first-order valence-electron chi connectivity index (χ1n) is 7.70. The summed E-state index contributed by atoms with van der Waals surface area (Å²) in [5.41, 5.74) is 2.08. The first-order chi connectivity index (χ1) is 11.5. The number of aromatic amines is 1. The fourth-order valence-electron chi connectivity index (χ4n) is 2.35. The Bertz CT molecular complexity index is 844. The third-order valence-corrected chi connectivity index (χ3v) is 3.72. The summed E-state index contributed by atoms with van der Waals surface area (Å²) < 4.78 is 7.10. The highest BCUT2D eigenvalue weighted by Gasteiger charge is 2.19. The Morgan fingerprint density at radius 3 is 2.88 bits per heavy atom. The summed E-state index contributed by atoms with van der Waals surface area (Å²) in [6.45, 7) is 4.22. The first-order valence-corrected chi connectivity index (χ1v) is 7.70. The van der Waals surface area contributed by atoms with Crippen molar-refractivity contribution in [3.63, 3.8) is 0 Å². The molecule has 3 aromatic heterocycles. The third-order valence-electron chi connectivity index (χ3n) is 3.72. The number of hydrogen-bond acceptors (Lipinski definition) is 5. The predicted octanol–water partition coefficient (Wildman–Crippen LogP) is 2.19.